The predicted molar refractivity (Wildman–Crippen MR) is 97.8 cm³/mol. The van der Waals surface area contributed by atoms with Gasteiger partial charge in [-0.25, -0.2) is 4.79 Å². The molecule has 130 valence electrons. The highest BCUT2D eigenvalue weighted by Gasteiger charge is 2.11. The number of anilines is 1. The molecule has 0 fully saturated rings. The molecule has 1 heterocycles. The first-order chi connectivity index (χ1) is 12.1. The number of amides is 1. The van der Waals surface area contributed by atoms with Crippen LogP contribution in [0.15, 0.2) is 63.8 Å². The van der Waals surface area contributed by atoms with Gasteiger partial charge in [0.05, 0.1) is 5.52 Å². The van der Waals surface area contributed by atoms with E-state index < -0.39 is 5.76 Å². The van der Waals surface area contributed by atoms with Gasteiger partial charge in [-0.1, -0.05) is 30.3 Å². The summed E-state index contributed by atoms with van der Waals surface area (Å²) < 4.78 is 6.47. The van der Waals surface area contributed by atoms with Crippen LogP contribution < -0.4 is 16.0 Å². The van der Waals surface area contributed by atoms with Gasteiger partial charge in [-0.15, -0.1) is 0 Å². The number of fused-ring (bicyclic) bond motifs is 1. The minimum absolute atomic E-state index is 0.0373. The normalized spacial score (nSPS) is 10.8. The van der Waals surface area contributed by atoms with E-state index in [4.69, 9.17) is 4.42 Å². The molecule has 6 heteroatoms. The number of oxazole rings is 1. The van der Waals surface area contributed by atoms with Crippen LogP contribution in [0.2, 0.25) is 0 Å². The maximum atomic E-state index is 12.1. The van der Waals surface area contributed by atoms with Crippen molar-refractivity contribution in [2.75, 3.05) is 25.0 Å². The Bertz CT molecular complexity index is 899. The van der Waals surface area contributed by atoms with E-state index in [2.05, 4.69) is 22.3 Å². The van der Waals surface area contributed by atoms with Crippen LogP contribution in [-0.2, 0) is 11.3 Å². The summed E-state index contributed by atoms with van der Waals surface area (Å²) in [5, 5.41) is 2.85. The zero-order valence-electron chi connectivity index (χ0n) is 14.1. The lowest BCUT2D eigenvalue weighted by atomic mass is 10.3. The molecular formula is C19H21N3O3. The van der Waals surface area contributed by atoms with Gasteiger partial charge in [0.25, 0.3) is 0 Å². The average Bonchev–Trinajstić information content (AvgIpc) is 2.95. The van der Waals surface area contributed by atoms with Gasteiger partial charge in [-0.05, 0) is 30.7 Å². The Labute approximate surface area is 145 Å². The number of para-hydroxylation sites is 3. The summed E-state index contributed by atoms with van der Waals surface area (Å²) in [7, 11) is 2.02. The van der Waals surface area contributed by atoms with Crippen LogP contribution in [0, 0.1) is 0 Å². The van der Waals surface area contributed by atoms with E-state index in [1.54, 1.807) is 18.2 Å². The quantitative estimate of drug-likeness (QED) is 0.670. The molecule has 1 N–H and O–H groups in total. The van der Waals surface area contributed by atoms with Gasteiger partial charge < -0.3 is 14.6 Å². The van der Waals surface area contributed by atoms with Gasteiger partial charge in [-0.2, -0.15) is 0 Å². The predicted octanol–water partition coefficient (Wildman–Crippen LogP) is 2.24. The maximum absolute atomic E-state index is 12.1. The van der Waals surface area contributed by atoms with E-state index in [1.807, 2.05) is 31.3 Å². The van der Waals surface area contributed by atoms with Gasteiger partial charge in [-0.3, -0.25) is 9.36 Å². The number of carbonyl (C=O) groups excluding carboxylic acids is 1. The maximum Gasteiger partial charge on any atom is 0.420 e. The fourth-order valence-corrected chi connectivity index (χ4v) is 2.72. The third-order valence-electron chi connectivity index (χ3n) is 4.06. The van der Waals surface area contributed by atoms with Gasteiger partial charge in [0.1, 0.15) is 6.54 Å². The number of carbonyl (C=O) groups is 1. The molecule has 0 radical (unpaired) electrons. The van der Waals surface area contributed by atoms with Gasteiger partial charge in [0, 0.05) is 25.8 Å². The number of hydrogen-bond acceptors (Lipinski definition) is 4. The molecule has 0 saturated heterocycles. The summed E-state index contributed by atoms with van der Waals surface area (Å²) in [4.78, 5) is 26.1. The van der Waals surface area contributed by atoms with E-state index in [0.29, 0.717) is 17.6 Å². The Hall–Kier alpha value is -3.02. The van der Waals surface area contributed by atoms with E-state index >= 15 is 0 Å². The smallest absolute Gasteiger partial charge is 0.408 e. The van der Waals surface area contributed by atoms with Crippen LogP contribution in [-0.4, -0.2) is 30.6 Å². The van der Waals surface area contributed by atoms with Crippen molar-refractivity contribution in [2.24, 2.45) is 0 Å². The molecule has 1 amide bonds. The number of nitrogens with one attached hydrogen (secondary N) is 1. The lowest BCUT2D eigenvalue weighted by molar-refractivity contribution is -0.121. The number of hydrogen-bond donors (Lipinski definition) is 1. The standard InChI is InChI=1S/C19H21N3O3/c1-21(15-8-3-2-4-9-15)13-7-12-20-18(23)14-22-16-10-5-6-11-17(16)25-19(22)24/h2-6,8-11H,7,12-14H2,1H3,(H,20,23). The molecule has 0 atom stereocenters. The fraction of sp³-hybridized carbons (Fsp3) is 0.263. The zero-order valence-corrected chi connectivity index (χ0v) is 14.1. The molecule has 0 unspecified atom stereocenters. The first-order valence-electron chi connectivity index (χ1n) is 8.26. The van der Waals surface area contributed by atoms with Crippen molar-refractivity contribution >= 4 is 22.7 Å². The Morgan fingerprint density at radius 3 is 2.64 bits per heavy atom. The minimum Gasteiger partial charge on any atom is -0.408 e. The summed E-state index contributed by atoms with van der Waals surface area (Å²) in [5.41, 5.74) is 2.27. The first-order valence-corrected chi connectivity index (χ1v) is 8.26. The highest BCUT2D eigenvalue weighted by Crippen LogP contribution is 2.12. The monoisotopic (exact) mass is 339 g/mol. The van der Waals surface area contributed by atoms with Crippen molar-refractivity contribution in [2.45, 2.75) is 13.0 Å². The molecule has 6 nitrogen and oxygen atoms in total. The third kappa shape index (κ3) is 4.09. The van der Waals surface area contributed by atoms with Crippen LogP contribution in [0.3, 0.4) is 0 Å². The molecule has 3 rings (SSSR count). The Morgan fingerprint density at radius 1 is 1.12 bits per heavy atom. The van der Waals surface area contributed by atoms with Crippen molar-refractivity contribution in [3.05, 3.63) is 65.1 Å². The van der Waals surface area contributed by atoms with E-state index in [9.17, 15) is 9.59 Å². The van der Waals surface area contributed by atoms with Crippen molar-refractivity contribution in [1.29, 1.82) is 0 Å². The number of aromatic nitrogens is 1. The minimum atomic E-state index is -0.514. The summed E-state index contributed by atoms with van der Waals surface area (Å²) in [6.45, 7) is 1.35. The van der Waals surface area contributed by atoms with E-state index in [0.717, 1.165) is 18.7 Å². The number of nitrogens with zero attached hydrogens (tertiary/aromatic N) is 2. The molecule has 25 heavy (non-hydrogen) atoms. The third-order valence-corrected chi connectivity index (χ3v) is 4.06. The van der Waals surface area contributed by atoms with Crippen LogP contribution in [0.4, 0.5) is 5.69 Å². The van der Waals surface area contributed by atoms with Crippen molar-refractivity contribution in [3.63, 3.8) is 0 Å². The molecule has 1 aromatic heterocycles. The van der Waals surface area contributed by atoms with Crippen LogP contribution in [0.1, 0.15) is 6.42 Å². The van der Waals surface area contributed by atoms with Gasteiger partial charge >= 0.3 is 5.76 Å². The lowest BCUT2D eigenvalue weighted by Gasteiger charge is -2.19. The molecule has 3 aromatic rings. The second kappa shape index (κ2) is 7.70. The fourth-order valence-electron chi connectivity index (χ4n) is 2.72. The summed E-state index contributed by atoms with van der Waals surface area (Å²) in [6.07, 6.45) is 0.818. The first kappa shape index (κ1) is 16.8. The number of benzene rings is 2. The average molecular weight is 339 g/mol. The second-order valence-electron chi connectivity index (χ2n) is 5.88. The van der Waals surface area contributed by atoms with Crippen molar-refractivity contribution in [1.82, 2.24) is 9.88 Å². The molecular weight excluding hydrogens is 318 g/mol. The molecule has 0 saturated carbocycles. The Kier molecular flexibility index (Phi) is 5.18. The van der Waals surface area contributed by atoms with Gasteiger partial charge in [0.2, 0.25) is 5.91 Å². The molecule has 0 aliphatic rings. The Balaban J connectivity index is 1.48. The summed E-state index contributed by atoms with van der Waals surface area (Å²) >= 11 is 0. The molecule has 0 spiro atoms. The molecule has 0 bridgehead atoms. The second-order valence-corrected chi connectivity index (χ2v) is 5.88. The summed E-state index contributed by atoms with van der Waals surface area (Å²) in [6, 6.07) is 17.2. The molecule has 0 aliphatic heterocycles. The molecule has 0 aliphatic carbocycles. The van der Waals surface area contributed by atoms with Crippen LogP contribution in [0.5, 0.6) is 0 Å². The SMILES string of the molecule is CN(CCCNC(=O)Cn1c(=O)oc2ccccc21)c1ccccc1. The highest BCUT2D eigenvalue weighted by molar-refractivity contribution is 5.79. The van der Waals surface area contributed by atoms with Gasteiger partial charge in [0.15, 0.2) is 5.58 Å². The van der Waals surface area contributed by atoms with Crippen molar-refractivity contribution in [3.8, 4) is 0 Å². The summed E-state index contributed by atoms with van der Waals surface area (Å²) in [5.74, 6) is -0.712. The zero-order chi connectivity index (χ0) is 17.6. The molecule has 2 aromatic carbocycles. The van der Waals surface area contributed by atoms with Crippen LogP contribution in [0.25, 0.3) is 11.1 Å². The Morgan fingerprint density at radius 2 is 1.84 bits per heavy atom. The topological polar surface area (TPSA) is 67.5 Å². The van der Waals surface area contributed by atoms with E-state index in [1.165, 1.54) is 4.57 Å². The number of rotatable bonds is 7. The van der Waals surface area contributed by atoms with Crippen molar-refractivity contribution < 1.29 is 9.21 Å². The highest BCUT2D eigenvalue weighted by atomic mass is 16.4. The van der Waals surface area contributed by atoms with E-state index in [-0.39, 0.29) is 12.5 Å². The van der Waals surface area contributed by atoms with Crippen LogP contribution >= 0.6 is 0 Å². The lowest BCUT2D eigenvalue weighted by Crippen LogP contribution is -2.32. The largest absolute Gasteiger partial charge is 0.420 e.